The van der Waals surface area contributed by atoms with Crippen LogP contribution in [0.5, 0.6) is 5.75 Å². The second-order valence-corrected chi connectivity index (χ2v) is 5.87. The van der Waals surface area contributed by atoms with Crippen molar-refractivity contribution in [3.8, 4) is 5.75 Å². The number of hydrogen-bond donors (Lipinski definition) is 1. The molecule has 136 valence electrons. The summed E-state index contributed by atoms with van der Waals surface area (Å²) in [6, 6.07) is 1.45. The molecule has 0 radical (unpaired) electrons. The lowest BCUT2D eigenvalue weighted by Crippen LogP contribution is -2.38. The maximum atomic E-state index is 12.3. The van der Waals surface area contributed by atoms with Crippen LogP contribution < -0.4 is 4.90 Å². The molecule has 1 aliphatic heterocycles. The number of halogens is 2. The molecule has 0 amide bonds. The van der Waals surface area contributed by atoms with Crippen LogP contribution in [0.15, 0.2) is 17.3 Å². The van der Waals surface area contributed by atoms with E-state index >= 15 is 0 Å². The molecule has 2 rings (SSSR count). The number of hydrogen-bond acceptors (Lipinski definition) is 7. The molecule has 0 saturated carbocycles. The molecule has 0 aliphatic carbocycles. The van der Waals surface area contributed by atoms with Gasteiger partial charge in [-0.3, -0.25) is 0 Å². The molecule has 9 heteroatoms. The molecule has 1 aliphatic rings. The largest absolute Gasteiger partial charge is 0.504 e. The van der Waals surface area contributed by atoms with Gasteiger partial charge in [0.15, 0.2) is 5.75 Å². The second kappa shape index (κ2) is 7.95. The van der Waals surface area contributed by atoms with Gasteiger partial charge in [-0.2, -0.15) is 0 Å². The van der Waals surface area contributed by atoms with Gasteiger partial charge in [-0.05, 0) is 18.1 Å². The normalized spacial score (nSPS) is 14.5. The molecular formula is C16H17Cl2NO6. The number of carbonyl (C=O) groups excluding carboxylic acids is 2. The Morgan fingerprint density at radius 3 is 2.48 bits per heavy atom. The van der Waals surface area contributed by atoms with Crippen molar-refractivity contribution in [1.82, 2.24) is 0 Å². The summed E-state index contributed by atoms with van der Waals surface area (Å²) in [6.07, 6.45) is 0.509. The number of nitrogens with zero attached hydrogens (tertiary/aromatic N) is 1. The van der Waals surface area contributed by atoms with Crippen LogP contribution in [0, 0.1) is 0 Å². The Hall–Kier alpha value is -1.96. The van der Waals surface area contributed by atoms with Gasteiger partial charge in [0.1, 0.15) is 12.4 Å². The highest BCUT2D eigenvalue weighted by Gasteiger charge is 2.34. The highest BCUT2D eigenvalue weighted by atomic mass is 35.5. The summed E-state index contributed by atoms with van der Waals surface area (Å²) >= 11 is 12.4. The van der Waals surface area contributed by atoms with Crippen molar-refractivity contribution in [2.45, 2.75) is 13.3 Å². The third kappa shape index (κ3) is 3.53. The molecule has 0 fully saturated rings. The highest BCUT2D eigenvalue weighted by molar-refractivity contribution is 6.37. The van der Waals surface area contributed by atoms with Crippen LogP contribution in [0.4, 0.5) is 5.69 Å². The Morgan fingerprint density at radius 2 is 1.92 bits per heavy atom. The number of phenols is 1. The van der Waals surface area contributed by atoms with Crippen molar-refractivity contribution in [3.63, 3.8) is 0 Å². The van der Waals surface area contributed by atoms with Gasteiger partial charge in [-0.15, -0.1) is 0 Å². The van der Waals surface area contributed by atoms with E-state index in [4.69, 9.17) is 32.7 Å². The van der Waals surface area contributed by atoms with Crippen LogP contribution in [0.25, 0.3) is 0 Å². The number of ether oxygens (including phenoxy) is 3. The molecule has 0 unspecified atom stereocenters. The number of anilines is 1. The first-order valence-corrected chi connectivity index (χ1v) is 8.07. The van der Waals surface area contributed by atoms with Crippen LogP contribution >= 0.6 is 23.2 Å². The first kappa shape index (κ1) is 19.4. The van der Waals surface area contributed by atoms with Crippen LogP contribution in [-0.4, -0.2) is 44.6 Å². The van der Waals surface area contributed by atoms with Crippen LogP contribution in [0.2, 0.25) is 10.0 Å². The van der Waals surface area contributed by atoms with E-state index in [0.717, 1.165) is 0 Å². The molecule has 0 spiro atoms. The predicted octanol–water partition coefficient (Wildman–Crippen LogP) is 2.66. The van der Waals surface area contributed by atoms with E-state index in [1.165, 1.54) is 25.2 Å². The Morgan fingerprint density at radius 1 is 1.28 bits per heavy atom. The quantitative estimate of drug-likeness (QED) is 0.792. The first-order valence-electron chi connectivity index (χ1n) is 7.32. The lowest BCUT2D eigenvalue weighted by molar-refractivity contribution is -0.140. The molecule has 1 heterocycles. The summed E-state index contributed by atoms with van der Waals surface area (Å²) in [7, 11) is 2.36. The van der Waals surface area contributed by atoms with E-state index in [1.54, 1.807) is 0 Å². The van der Waals surface area contributed by atoms with Crippen molar-refractivity contribution >= 4 is 40.8 Å². The van der Waals surface area contributed by atoms with E-state index in [-0.39, 0.29) is 41.1 Å². The number of aromatic hydroxyl groups is 1. The molecule has 0 aromatic heterocycles. The lowest BCUT2D eigenvalue weighted by Gasteiger charge is -2.32. The maximum Gasteiger partial charge on any atom is 0.355 e. The molecule has 0 atom stereocenters. The van der Waals surface area contributed by atoms with Crippen LogP contribution in [-0.2, 0) is 30.2 Å². The van der Waals surface area contributed by atoms with Gasteiger partial charge in [0.2, 0.25) is 0 Å². The fraction of sp³-hybridized carbons (Fsp3) is 0.375. The van der Waals surface area contributed by atoms with Crippen molar-refractivity contribution in [2.75, 3.05) is 32.5 Å². The zero-order valence-corrected chi connectivity index (χ0v) is 15.4. The topological polar surface area (TPSA) is 85.3 Å². The van der Waals surface area contributed by atoms with Crippen LogP contribution in [0.1, 0.15) is 12.5 Å². The maximum absolute atomic E-state index is 12.3. The summed E-state index contributed by atoms with van der Waals surface area (Å²) < 4.78 is 14.8. The van der Waals surface area contributed by atoms with Crippen LogP contribution in [0.3, 0.4) is 0 Å². The monoisotopic (exact) mass is 389 g/mol. The first-order chi connectivity index (χ1) is 11.9. The summed E-state index contributed by atoms with van der Waals surface area (Å²) in [5.74, 6) is -1.80. The molecule has 25 heavy (non-hydrogen) atoms. The van der Waals surface area contributed by atoms with Crippen molar-refractivity contribution in [2.24, 2.45) is 0 Å². The van der Waals surface area contributed by atoms with Gasteiger partial charge in [-0.1, -0.05) is 30.1 Å². The van der Waals surface area contributed by atoms with Gasteiger partial charge in [-0.25, -0.2) is 9.59 Å². The average Bonchev–Trinajstić information content (AvgIpc) is 2.63. The minimum atomic E-state index is -0.782. The smallest absolute Gasteiger partial charge is 0.355 e. The van der Waals surface area contributed by atoms with E-state index in [9.17, 15) is 14.7 Å². The van der Waals surface area contributed by atoms with Gasteiger partial charge < -0.3 is 24.2 Å². The number of rotatable bonds is 4. The van der Waals surface area contributed by atoms with Gasteiger partial charge >= 0.3 is 11.9 Å². The van der Waals surface area contributed by atoms with Gasteiger partial charge in [0.25, 0.3) is 0 Å². The fourth-order valence-electron chi connectivity index (χ4n) is 2.50. The zero-order chi connectivity index (χ0) is 18.7. The molecule has 1 aromatic rings. The average molecular weight is 390 g/mol. The summed E-state index contributed by atoms with van der Waals surface area (Å²) in [6.45, 7) is 1.59. The standard InChI is InChI=1S/C16H17Cl2NO6/c1-4-8-10(17)5-11(14(20)12(8)18)19-7-25-6-9(15(21)23-2)13(19)16(22)24-3/h5,20H,4,6-7H2,1-3H3. The number of esters is 2. The van der Waals surface area contributed by atoms with E-state index in [2.05, 4.69) is 4.74 Å². The Balaban J connectivity index is 2.68. The fourth-order valence-corrected chi connectivity index (χ4v) is 3.21. The third-order valence-electron chi connectivity index (χ3n) is 3.74. The molecular weight excluding hydrogens is 373 g/mol. The third-order valence-corrected chi connectivity index (χ3v) is 4.49. The van der Waals surface area contributed by atoms with E-state index in [1.807, 2.05) is 6.92 Å². The number of benzene rings is 1. The van der Waals surface area contributed by atoms with Gasteiger partial charge in [0.05, 0.1) is 37.1 Å². The summed E-state index contributed by atoms with van der Waals surface area (Å²) in [4.78, 5) is 25.5. The van der Waals surface area contributed by atoms with E-state index < -0.39 is 11.9 Å². The number of methoxy groups -OCH3 is 2. The van der Waals surface area contributed by atoms with Crippen molar-refractivity contribution < 1.29 is 28.9 Å². The van der Waals surface area contributed by atoms with Gasteiger partial charge in [0, 0.05) is 5.02 Å². The highest BCUT2D eigenvalue weighted by Crippen LogP contribution is 2.43. The number of phenolic OH excluding ortho intramolecular Hbond substituents is 1. The SMILES string of the molecule is CCc1c(Cl)cc(N2COCC(C(=O)OC)=C2C(=O)OC)c(O)c1Cl. The molecule has 1 aromatic carbocycles. The number of carbonyl (C=O) groups is 2. The Labute approximate surface area is 154 Å². The predicted molar refractivity (Wildman–Crippen MR) is 91.9 cm³/mol. The Bertz CT molecular complexity index is 747. The molecule has 7 nitrogen and oxygen atoms in total. The summed E-state index contributed by atoms with van der Waals surface area (Å²) in [5.41, 5.74) is 0.548. The molecule has 0 bridgehead atoms. The lowest BCUT2D eigenvalue weighted by atomic mass is 10.1. The minimum absolute atomic E-state index is 0.0354. The van der Waals surface area contributed by atoms with Crippen molar-refractivity contribution in [1.29, 1.82) is 0 Å². The Kier molecular flexibility index (Phi) is 6.16. The minimum Gasteiger partial charge on any atom is -0.504 e. The second-order valence-electron chi connectivity index (χ2n) is 5.09. The molecule has 1 N–H and O–H groups in total. The molecule has 0 saturated heterocycles. The van der Waals surface area contributed by atoms with Crippen molar-refractivity contribution in [3.05, 3.63) is 32.9 Å². The van der Waals surface area contributed by atoms with E-state index in [0.29, 0.717) is 17.0 Å². The zero-order valence-electron chi connectivity index (χ0n) is 13.9. The summed E-state index contributed by atoms with van der Waals surface area (Å²) in [5, 5.41) is 10.8.